The lowest BCUT2D eigenvalue weighted by Gasteiger charge is -2.37. The quantitative estimate of drug-likeness (QED) is 0.195. The lowest BCUT2D eigenvalue weighted by Crippen LogP contribution is -2.40. The van der Waals surface area contributed by atoms with Gasteiger partial charge in [-0.1, -0.05) is 38.8 Å². The van der Waals surface area contributed by atoms with E-state index in [9.17, 15) is 4.39 Å². The number of hydrogen-bond acceptors (Lipinski definition) is 5. The summed E-state index contributed by atoms with van der Waals surface area (Å²) in [6.45, 7) is 10.0. The first-order chi connectivity index (χ1) is 19.2. The van der Waals surface area contributed by atoms with Crippen LogP contribution in [0.15, 0.2) is 42.6 Å². The van der Waals surface area contributed by atoms with Crippen molar-refractivity contribution in [3.05, 3.63) is 54.0 Å². The topological polar surface area (TPSA) is 53.6 Å². The second kappa shape index (κ2) is 13.6. The molecule has 6 nitrogen and oxygen atoms in total. The van der Waals surface area contributed by atoms with Crippen LogP contribution in [-0.4, -0.2) is 55.9 Å². The Hall–Kier alpha value is -2.64. The number of halogens is 1. The number of H-pyrrole nitrogens is 1. The fraction of sp³-hybridized carbons (Fsp3) is 0.594. The molecule has 2 aliphatic heterocycles. The van der Waals surface area contributed by atoms with Crippen LogP contribution < -0.4 is 9.80 Å². The number of hydrogen-bond donors (Lipinski definition) is 1. The maximum Gasteiger partial charge on any atom is 0.160 e. The molecule has 3 heterocycles. The van der Waals surface area contributed by atoms with Gasteiger partial charge in [-0.25, -0.2) is 4.39 Å². The van der Waals surface area contributed by atoms with Gasteiger partial charge < -0.3 is 19.3 Å². The molecule has 212 valence electrons. The highest BCUT2D eigenvalue weighted by molar-refractivity contribution is 5.91. The van der Waals surface area contributed by atoms with Crippen LogP contribution in [0.1, 0.15) is 76.7 Å². The number of rotatable bonds is 12. The first-order valence-electron chi connectivity index (χ1n) is 15.1. The molecule has 1 N–H and O–H groups in total. The molecule has 0 radical (unpaired) electrons. The molecule has 2 fully saturated rings. The molecule has 0 spiro atoms. The Labute approximate surface area is 232 Å². The predicted molar refractivity (Wildman–Crippen MR) is 157 cm³/mol. The monoisotopic (exact) mass is 536 g/mol. The summed E-state index contributed by atoms with van der Waals surface area (Å²) in [7, 11) is 0. The molecular formula is C32H45FN4O2. The van der Waals surface area contributed by atoms with Crippen molar-refractivity contribution in [2.75, 3.05) is 49.2 Å². The fourth-order valence-corrected chi connectivity index (χ4v) is 6.10. The lowest BCUT2D eigenvalue weighted by atomic mass is 9.89. The number of fused-ring (bicyclic) bond motifs is 1. The van der Waals surface area contributed by atoms with E-state index in [0.29, 0.717) is 17.2 Å². The van der Waals surface area contributed by atoms with E-state index >= 15 is 0 Å². The Morgan fingerprint density at radius 2 is 1.51 bits per heavy atom. The standard InChI is InChI=1S/C32H45FN4O2/c1-3-5-21-38-32(39-22-6-4-2)26-15-17-36(18-16-26)27-9-7-24(8-10-27)25-13-19-37(20-14-25)30-12-11-29(33)28-23-34-35-31(28)30/h7-12,23,25-26,32H,3-6,13-22H2,1-2H3,(H,34,35). The molecule has 0 amide bonds. The number of anilines is 2. The van der Waals surface area contributed by atoms with E-state index in [4.69, 9.17) is 9.47 Å². The first kappa shape index (κ1) is 27.9. The summed E-state index contributed by atoms with van der Waals surface area (Å²) in [6, 6.07) is 12.7. The largest absolute Gasteiger partial charge is 0.372 e. The van der Waals surface area contributed by atoms with Crippen LogP contribution in [0.5, 0.6) is 0 Å². The zero-order valence-corrected chi connectivity index (χ0v) is 23.7. The van der Waals surface area contributed by atoms with Crippen molar-refractivity contribution >= 4 is 22.3 Å². The van der Waals surface area contributed by atoms with E-state index in [1.807, 2.05) is 6.07 Å². The van der Waals surface area contributed by atoms with E-state index in [2.05, 4.69) is 58.1 Å². The van der Waals surface area contributed by atoms with Crippen molar-refractivity contribution in [1.29, 1.82) is 0 Å². The van der Waals surface area contributed by atoms with Gasteiger partial charge in [0.25, 0.3) is 0 Å². The molecule has 0 aliphatic carbocycles. The van der Waals surface area contributed by atoms with Crippen molar-refractivity contribution in [1.82, 2.24) is 10.2 Å². The maximum atomic E-state index is 14.1. The molecule has 1 aromatic heterocycles. The van der Waals surface area contributed by atoms with Crippen molar-refractivity contribution in [3.8, 4) is 0 Å². The van der Waals surface area contributed by atoms with Crippen molar-refractivity contribution < 1.29 is 13.9 Å². The summed E-state index contributed by atoms with van der Waals surface area (Å²) in [4.78, 5) is 4.88. The van der Waals surface area contributed by atoms with E-state index in [-0.39, 0.29) is 12.1 Å². The molecule has 2 saturated heterocycles. The smallest absolute Gasteiger partial charge is 0.160 e. The molecule has 2 aromatic carbocycles. The minimum Gasteiger partial charge on any atom is -0.372 e. The second-order valence-corrected chi connectivity index (χ2v) is 11.2. The number of nitrogens with zero attached hydrogens (tertiary/aromatic N) is 3. The number of nitrogens with one attached hydrogen (secondary N) is 1. The zero-order valence-electron chi connectivity index (χ0n) is 23.7. The van der Waals surface area contributed by atoms with Gasteiger partial charge >= 0.3 is 0 Å². The van der Waals surface area contributed by atoms with E-state index in [0.717, 1.165) is 102 Å². The van der Waals surface area contributed by atoms with Crippen molar-refractivity contribution in [2.24, 2.45) is 5.92 Å². The van der Waals surface area contributed by atoms with Gasteiger partial charge in [0.05, 0.1) is 22.8 Å². The number of unbranched alkanes of at least 4 members (excludes halogenated alkanes) is 2. The third kappa shape index (κ3) is 6.75. The molecule has 0 atom stereocenters. The third-order valence-electron chi connectivity index (χ3n) is 8.59. The Bertz CT molecular complexity index is 1140. The Kier molecular flexibility index (Phi) is 9.75. The molecule has 0 unspecified atom stereocenters. The molecule has 2 aliphatic rings. The SMILES string of the molecule is CCCCOC(OCCCC)C1CCN(c2ccc(C3CCN(c4ccc(F)c5cn[nH]c45)CC3)cc2)CC1. The summed E-state index contributed by atoms with van der Waals surface area (Å²) in [5, 5.41) is 7.62. The molecular weight excluding hydrogens is 491 g/mol. The van der Waals surface area contributed by atoms with Crippen LogP contribution in [0.2, 0.25) is 0 Å². The van der Waals surface area contributed by atoms with Crippen LogP contribution in [0.4, 0.5) is 15.8 Å². The molecule has 0 saturated carbocycles. The minimum absolute atomic E-state index is 0.0576. The summed E-state index contributed by atoms with van der Waals surface area (Å²) >= 11 is 0. The first-order valence-corrected chi connectivity index (χ1v) is 15.1. The number of piperidine rings is 2. The fourth-order valence-electron chi connectivity index (χ4n) is 6.10. The van der Waals surface area contributed by atoms with Gasteiger partial charge in [0.1, 0.15) is 5.82 Å². The van der Waals surface area contributed by atoms with Crippen LogP contribution in [0, 0.1) is 11.7 Å². The average Bonchev–Trinajstić information content (AvgIpc) is 3.48. The predicted octanol–water partition coefficient (Wildman–Crippen LogP) is 7.26. The van der Waals surface area contributed by atoms with Crippen LogP contribution in [-0.2, 0) is 9.47 Å². The van der Waals surface area contributed by atoms with Crippen LogP contribution >= 0.6 is 0 Å². The van der Waals surface area contributed by atoms with E-state index in [1.165, 1.54) is 11.3 Å². The van der Waals surface area contributed by atoms with E-state index < -0.39 is 0 Å². The highest BCUT2D eigenvalue weighted by Gasteiger charge is 2.28. The zero-order chi connectivity index (χ0) is 27.0. The number of aromatic amines is 1. The van der Waals surface area contributed by atoms with Gasteiger partial charge in [0.2, 0.25) is 0 Å². The van der Waals surface area contributed by atoms with Gasteiger partial charge in [-0.2, -0.15) is 5.10 Å². The molecule has 39 heavy (non-hydrogen) atoms. The van der Waals surface area contributed by atoms with Gasteiger partial charge in [0.15, 0.2) is 6.29 Å². The molecule has 3 aromatic rings. The highest BCUT2D eigenvalue weighted by Crippen LogP contribution is 2.35. The third-order valence-corrected chi connectivity index (χ3v) is 8.59. The molecule has 7 heteroatoms. The molecule has 0 bridgehead atoms. The van der Waals surface area contributed by atoms with Crippen molar-refractivity contribution in [3.63, 3.8) is 0 Å². The minimum atomic E-state index is -0.220. The van der Waals surface area contributed by atoms with Crippen LogP contribution in [0.25, 0.3) is 10.9 Å². The second-order valence-electron chi connectivity index (χ2n) is 11.2. The number of ether oxygens (including phenoxy) is 2. The van der Waals surface area contributed by atoms with Crippen molar-refractivity contribution in [2.45, 2.75) is 77.4 Å². The lowest BCUT2D eigenvalue weighted by molar-refractivity contribution is -0.177. The molecule has 5 rings (SSSR count). The summed E-state index contributed by atoms with van der Waals surface area (Å²) in [5.41, 5.74) is 4.59. The number of benzene rings is 2. The highest BCUT2D eigenvalue weighted by atomic mass is 19.1. The Balaban J connectivity index is 1.12. The van der Waals surface area contributed by atoms with Gasteiger partial charge in [-0.15, -0.1) is 0 Å². The van der Waals surface area contributed by atoms with E-state index in [1.54, 1.807) is 12.3 Å². The normalized spacial score (nSPS) is 17.5. The number of aromatic nitrogens is 2. The average molecular weight is 537 g/mol. The van der Waals surface area contributed by atoms with Gasteiger partial charge in [0, 0.05) is 51.0 Å². The van der Waals surface area contributed by atoms with Gasteiger partial charge in [-0.05, 0) is 74.3 Å². The van der Waals surface area contributed by atoms with Gasteiger partial charge in [-0.3, -0.25) is 5.10 Å². The Morgan fingerprint density at radius 1 is 0.872 bits per heavy atom. The summed E-state index contributed by atoms with van der Waals surface area (Å²) in [5.74, 6) is 0.811. The Morgan fingerprint density at radius 3 is 2.15 bits per heavy atom. The van der Waals surface area contributed by atoms with Crippen LogP contribution in [0.3, 0.4) is 0 Å². The summed E-state index contributed by atoms with van der Waals surface area (Å²) in [6.07, 6.45) is 10.4. The summed E-state index contributed by atoms with van der Waals surface area (Å²) < 4.78 is 26.5. The maximum absolute atomic E-state index is 14.1.